The van der Waals surface area contributed by atoms with Crippen LogP contribution in [0.5, 0.6) is 0 Å². The molecule has 1 aromatic carbocycles. The second kappa shape index (κ2) is 7.33. The zero-order valence-electron chi connectivity index (χ0n) is 12.1. The highest BCUT2D eigenvalue weighted by atomic mass is 35.5. The van der Waals surface area contributed by atoms with Crippen molar-refractivity contribution in [1.29, 1.82) is 0 Å². The summed E-state index contributed by atoms with van der Waals surface area (Å²) in [6.45, 7) is 3.01. The molecule has 1 fully saturated rings. The summed E-state index contributed by atoms with van der Waals surface area (Å²) in [5.41, 5.74) is 0.270. The number of aromatic nitrogens is 3. The minimum absolute atomic E-state index is 0. The van der Waals surface area contributed by atoms with E-state index in [9.17, 15) is 9.59 Å². The van der Waals surface area contributed by atoms with Gasteiger partial charge in [-0.25, -0.2) is 4.68 Å². The second-order valence-electron chi connectivity index (χ2n) is 5.05. The predicted octanol–water partition coefficient (Wildman–Crippen LogP) is 0.0352. The van der Waals surface area contributed by atoms with E-state index in [0.717, 1.165) is 24.2 Å². The lowest BCUT2D eigenvalue weighted by Crippen LogP contribution is -2.39. The van der Waals surface area contributed by atoms with E-state index < -0.39 is 0 Å². The summed E-state index contributed by atoms with van der Waals surface area (Å²) in [4.78, 5) is 26.3. The van der Waals surface area contributed by atoms with Crippen LogP contribution in [0.4, 0.5) is 0 Å². The van der Waals surface area contributed by atoms with Gasteiger partial charge in [-0.3, -0.25) is 9.59 Å². The highest BCUT2D eigenvalue weighted by molar-refractivity contribution is 5.85. The molecule has 0 radical (unpaired) electrons. The first kappa shape index (κ1) is 16.4. The maximum atomic E-state index is 12.3. The van der Waals surface area contributed by atoms with Gasteiger partial charge in [-0.2, -0.15) is 0 Å². The Balaban J connectivity index is 0.00000176. The molecule has 1 N–H and O–H groups in total. The first-order chi connectivity index (χ1) is 10.3. The van der Waals surface area contributed by atoms with Crippen LogP contribution < -0.4 is 10.9 Å². The van der Waals surface area contributed by atoms with E-state index in [-0.39, 0.29) is 30.4 Å². The number of carbonyl (C=O) groups excluding carboxylic acids is 1. The number of rotatable bonds is 2. The molecule has 0 bridgehead atoms. The third-order valence-corrected chi connectivity index (χ3v) is 3.61. The molecule has 2 aromatic rings. The minimum atomic E-state index is -0.276. The molecular formula is C14H18ClN5O2. The molecule has 0 atom stereocenters. The van der Waals surface area contributed by atoms with Crippen LogP contribution in [0.2, 0.25) is 0 Å². The lowest BCUT2D eigenvalue weighted by Gasteiger charge is -2.19. The highest BCUT2D eigenvalue weighted by Gasteiger charge is 2.17. The normalized spacial score (nSPS) is 15.2. The van der Waals surface area contributed by atoms with Gasteiger partial charge in [-0.15, -0.1) is 17.5 Å². The summed E-state index contributed by atoms with van der Waals surface area (Å²) < 4.78 is 1.14. The monoisotopic (exact) mass is 323 g/mol. The van der Waals surface area contributed by atoms with Crippen LogP contribution in [0.3, 0.4) is 0 Å². The van der Waals surface area contributed by atoms with Gasteiger partial charge in [-0.05, 0) is 25.1 Å². The Bertz CT molecular complexity index is 710. The SMILES string of the molecule is Cl.O=C(Cn1nnc2ccccc2c1=O)N1CCCNCC1. The topological polar surface area (TPSA) is 80.1 Å². The standard InChI is InChI=1S/C14H17N5O2.ClH/c20-13(18-8-3-6-15-7-9-18)10-19-14(21)11-4-1-2-5-12(11)16-17-19;/h1-2,4-5,15H,3,6-10H2;1H. The van der Waals surface area contributed by atoms with E-state index in [1.165, 1.54) is 0 Å². The molecular weight excluding hydrogens is 306 g/mol. The van der Waals surface area contributed by atoms with Crippen molar-refractivity contribution in [2.75, 3.05) is 26.2 Å². The molecule has 7 nitrogen and oxygen atoms in total. The second-order valence-corrected chi connectivity index (χ2v) is 5.05. The number of halogens is 1. The van der Waals surface area contributed by atoms with Crippen LogP contribution in [0.15, 0.2) is 29.1 Å². The van der Waals surface area contributed by atoms with Crippen molar-refractivity contribution in [3.05, 3.63) is 34.6 Å². The van der Waals surface area contributed by atoms with Gasteiger partial charge in [-0.1, -0.05) is 17.3 Å². The Morgan fingerprint density at radius 3 is 2.91 bits per heavy atom. The third-order valence-electron chi connectivity index (χ3n) is 3.61. The van der Waals surface area contributed by atoms with Gasteiger partial charge >= 0.3 is 0 Å². The minimum Gasteiger partial charge on any atom is -0.340 e. The summed E-state index contributed by atoms with van der Waals surface area (Å²) in [6, 6.07) is 7.01. The first-order valence-corrected chi connectivity index (χ1v) is 7.07. The van der Waals surface area contributed by atoms with Crippen LogP contribution in [0.1, 0.15) is 6.42 Å². The van der Waals surface area contributed by atoms with Crippen LogP contribution in [-0.4, -0.2) is 52.0 Å². The fraction of sp³-hybridized carbons (Fsp3) is 0.429. The van der Waals surface area contributed by atoms with Gasteiger partial charge in [0.2, 0.25) is 5.91 Å². The fourth-order valence-electron chi connectivity index (χ4n) is 2.45. The lowest BCUT2D eigenvalue weighted by molar-refractivity contribution is -0.131. The van der Waals surface area contributed by atoms with E-state index in [4.69, 9.17) is 0 Å². The van der Waals surface area contributed by atoms with Gasteiger partial charge in [0.05, 0.1) is 5.39 Å². The molecule has 3 rings (SSSR count). The zero-order chi connectivity index (χ0) is 14.7. The average Bonchev–Trinajstić information content (AvgIpc) is 2.79. The van der Waals surface area contributed by atoms with E-state index in [0.29, 0.717) is 24.0 Å². The Morgan fingerprint density at radius 1 is 1.23 bits per heavy atom. The average molecular weight is 324 g/mol. The largest absolute Gasteiger partial charge is 0.340 e. The van der Waals surface area contributed by atoms with Crippen molar-refractivity contribution >= 4 is 29.2 Å². The molecule has 1 aliphatic heterocycles. The molecule has 0 spiro atoms. The number of hydrogen-bond donors (Lipinski definition) is 1. The smallest absolute Gasteiger partial charge is 0.278 e. The van der Waals surface area contributed by atoms with Crippen LogP contribution >= 0.6 is 12.4 Å². The van der Waals surface area contributed by atoms with Crippen LogP contribution in [0.25, 0.3) is 10.9 Å². The van der Waals surface area contributed by atoms with Gasteiger partial charge in [0.25, 0.3) is 5.56 Å². The number of nitrogens with one attached hydrogen (secondary N) is 1. The number of fused-ring (bicyclic) bond motifs is 1. The summed E-state index contributed by atoms with van der Waals surface area (Å²) in [6.07, 6.45) is 0.921. The van der Waals surface area contributed by atoms with Crippen molar-refractivity contribution in [3.63, 3.8) is 0 Å². The molecule has 8 heteroatoms. The molecule has 22 heavy (non-hydrogen) atoms. The molecule has 0 saturated carbocycles. The van der Waals surface area contributed by atoms with Crippen molar-refractivity contribution in [2.24, 2.45) is 0 Å². The summed E-state index contributed by atoms with van der Waals surface area (Å²) in [5.74, 6) is -0.0922. The molecule has 1 aromatic heterocycles. The highest BCUT2D eigenvalue weighted by Crippen LogP contribution is 2.04. The van der Waals surface area contributed by atoms with Gasteiger partial charge in [0.1, 0.15) is 12.1 Å². The summed E-state index contributed by atoms with van der Waals surface area (Å²) in [7, 11) is 0. The molecule has 1 saturated heterocycles. The number of carbonyl (C=O) groups is 1. The maximum absolute atomic E-state index is 12.3. The van der Waals surface area contributed by atoms with Crippen LogP contribution in [0, 0.1) is 0 Å². The Hall–Kier alpha value is -1.99. The molecule has 1 amide bonds. The zero-order valence-corrected chi connectivity index (χ0v) is 12.9. The fourth-order valence-corrected chi connectivity index (χ4v) is 2.45. The maximum Gasteiger partial charge on any atom is 0.278 e. The molecule has 118 valence electrons. The molecule has 0 aliphatic carbocycles. The number of nitrogens with zero attached hydrogens (tertiary/aromatic N) is 4. The lowest BCUT2D eigenvalue weighted by atomic mass is 10.2. The van der Waals surface area contributed by atoms with Gasteiger partial charge in [0.15, 0.2) is 0 Å². The van der Waals surface area contributed by atoms with Crippen molar-refractivity contribution in [2.45, 2.75) is 13.0 Å². The Labute approximate surface area is 133 Å². The molecule has 1 aliphatic rings. The Kier molecular flexibility index (Phi) is 5.46. The summed E-state index contributed by atoms with van der Waals surface area (Å²) >= 11 is 0. The molecule has 0 unspecified atom stereocenters. The molecule has 2 heterocycles. The van der Waals surface area contributed by atoms with E-state index >= 15 is 0 Å². The van der Waals surface area contributed by atoms with Crippen molar-refractivity contribution < 1.29 is 4.79 Å². The van der Waals surface area contributed by atoms with E-state index in [2.05, 4.69) is 15.6 Å². The van der Waals surface area contributed by atoms with E-state index in [1.54, 1.807) is 29.2 Å². The number of amides is 1. The Morgan fingerprint density at radius 2 is 2.05 bits per heavy atom. The van der Waals surface area contributed by atoms with Crippen molar-refractivity contribution in [1.82, 2.24) is 25.2 Å². The first-order valence-electron chi connectivity index (χ1n) is 7.07. The van der Waals surface area contributed by atoms with E-state index in [1.807, 2.05) is 0 Å². The van der Waals surface area contributed by atoms with Crippen molar-refractivity contribution in [3.8, 4) is 0 Å². The van der Waals surface area contributed by atoms with Gasteiger partial charge < -0.3 is 10.2 Å². The predicted molar refractivity (Wildman–Crippen MR) is 85.1 cm³/mol. The third kappa shape index (κ3) is 3.42. The number of benzene rings is 1. The quantitative estimate of drug-likeness (QED) is 0.844. The summed E-state index contributed by atoms with van der Waals surface area (Å²) in [5, 5.41) is 11.6. The number of hydrogen-bond acceptors (Lipinski definition) is 5. The van der Waals surface area contributed by atoms with Gasteiger partial charge in [0, 0.05) is 19.6 Å². The van der Waals surface area contributed by atoms with Crippen LogP contribution in [-0.2, 0) is 11.3 Å².